The first-order chi connectivity index (χ1) is 10.1. The molecule has 0 saturated carbocycles. The van der Waals surface area contributed by atoms with Crippen LogP contribution in [0.5, 0.6) is 5.75 Å². The summed E-state index contributed by atoms with van der Waals surface area (Å²) in [6, 6.07) is 15.9. The van der Waals surface area contributed by atoms with E-state index in [0.29, 0.717) is 19.1 Å². The molecular formula is C17H22IN3O. The van der Waals surface area contributed by atoms with Gasteiger partial charge in [0.15, 0.2) is 5.96 Å². The molecule has 0 amide bonds. The average molecular weight is 411 g/mol. The molecule has 0 bridgehead atoms. The van der Waals surface area contributed by atoms with Gasteiger partial charge in [0.2, 0.25) is 0 Å². The van der Waals surface area contributed by atoms with E-state index in [2.05, 4.69) is 10.3 Å². The lowest BCUT2D eigenvalue weighted by Crippen LogP contribution is -2.23. The third-order valence-electron chi connectivity index (χ3n) is 3.05. The van der Waals surface area contributed by atoms with Crippen LogP contribution in [-0.4, -0.2) is 19.1 Å². The number of nitrogens with zero attached hydrogens (tertiary/aromatic N) is 1. The van der Waals surface area contributed by atoms with Gasteiger partial charge in [-0.25, -0.2) is 4.99 Å². The largest absolute Gasteiger partial charge is 0.491 e. The molecule has 0 unspecified atom stereocenters. The van der Waals surface area contributed by atoms with Gasteiger partial charge in [0.1, 0.15) is 12.4 Å². The van der Waals surface area contributed by atoms with Gasteiger partial charge < -0.3 is 15.8 Å². The van der Waals surface area contributed by atoms with Crippen LogP contribution in [0.3, 0.4) is 0 Å². The Morgan fingerprint density at radius 2 is 1.77 bits per heavy atom. The predicted octanol–water partition coefficient (Wildman–Crippen LogP) is 3.73. The number of halogens is 1. The van der Waals surface area contributed by atoms with Gasteiger partial charge in [0.25, 0.3) is 0 Å². The Morgan fingerprint density at radius 1 is 1.09 bits per heavy atom. The number of guanidine groups is 1. The fourth-order valence-corrected chi connectivity index (χ4v) is 1.86. The van der Waals surface area contributed by atoms with Crippen LogP contribution in [0.1, 0.15) is 11.1 Å². The summed E-state index contributed by atoms with van der Waals surface area (Å²) < 4.78 is 5.66. The van der Waals surface area contributed by atoms with Crippen molar-refractivity contribution in [3.05, 3.63) is 59.7 Å². The molecule has 2 rings (SSSR count). The monoisotopic (exact) mass is 411 g/mol. The molecule has 3 N–H and O–H groups in total. The highest BCUT2D eigenvalue weighted by Crippen LogP contribution is 2.15. The quantitative estimate of drug-likeness (QED) is 0.341. The van der Waals surface area contributed by atoms with E-state index in [-0.39, 0.29) is 24.0 Å². The van der Waals surface area contributed by atoms with E-state index in [4.69, 9.17) is 10.5 Å². The van der Waals surface area contributed by atoms with Crippen molar-refractivity contribution in [3.63, 3.8) is 0 Å². The van der Waals surface area contributed by atoms with E-state index in [1.165, 1.54) is 5.56 Å². The Kier molecular flexibility index (Phi) is 7.73. The van der Waals surface area contributed by atoms with E-state index in [9.17, 15) is 0 Å². The van der Waals surface area contributed by atoms with Crippen LogP contribution in [0.4, 0.5) is 5.69 Å². The smallest absolute Gasteiger partial charge is 0.193 e. The van der Waals surface area contributed by atoms with Crippen molar-refractivity contribution in [2.75, 3.05) is 18.5 Å². The molecule has 0 atom stereocenters. The van der Waals surface area contributed by atoms with Crippen LogP contribution in [0.2, 0.25) is 0 Å². The SMILES string of the molecule is Cc1ccc(NC(N)=NCCOc2ccccc2C)cc1.I. The third-order valence-corrected chi connectivity index (χ3v) is 3.05. The lowest BCUT2D eigenvalue weighted by molar-refractivity contribution is 0.326. The maximum Gasteiger partial charge on any atom is 0.193 e. The standard InChI is InChI=1S/C17H21N3O.HI/c1-13-7-9-15(10-8-13)20-17(18)19-11-12-21-16-6-4-3-5-14(16)2;/h3-10H,11-12H2,1-2H3,(H3,18,19,20);1H. The zero-order valence-corrected chi connectivity index (χ0v) is 15.2. The fraction of sp³-hybridized carbons (Fsp3) is 0.235. The second-order valence-corrected chi connectivity index (χ2v) is 4.87. The molecule has 0 aliphatic heterocycles. The molecule has 0 spiro atoms. The van der Waals surface area contributed by atoms with E-state index in [0.717, 1.165) is 17.0 Å². The summed E-state index contributed by atoms with van der Waals surface area (Å²) in [5, 5.41) is 3.05. The van der Waals surface area contributed by atoms with Gasteiger partial charge in [-0.3, -0.25) is 0 Å². The average Bonchev–Trinajstić information content (AvgIpc) is 2.48. The second-order valence-electron chi connectivity index (χ2n) is 4.87. The van der Waals surface area contributed by atoms with Gasteiger partial charge in [-0.15, -0.1) is 24.0 Å². The highest BCUT2D eigenvalue weighted by atomic mass is 127. The highest BCUT2D eigenvalue weighted by molar-refractivity contribution is 14.0. The van der Waals surface area contributed by atoms with E-state index in [1.54, 1.807) is 0 Å². The van der Waals surface area contributed by atoms with E-state index in [1.807, 2.05) is 62.4 Å². The fourth-order valence-electron chi connectivity index (χ4n) is 1.86. The number of para-hydroxylation sites is 1. The molecule has 2 aromatic carbocycles. The van der Waals surface area contributed by atoms with Gasteiger partial charge in [-0.05, 0) is 37.6 Å². The zero-order valence-electron chi connectivity index (χ0n) is 12.9. The Balaban J connectivity index is 0.00000242. The molecule has 0 saturated heterocycles. The van der Waals surface area contributed by atoms with Crippen molar-refractivity contribution in [2.24, 2.45) is 10.7 Å². The topological polar surface area (TPSA) is 59.6 Å². The minimum atomic E-state index is 0. The molecule has 0 radical (unpaired) electrons. The summed E-state index contributed by atoms with van der Waals surface area (Å²) in [5.41, 5.74) is 9.10. The highest BCUT2D eigenvalue weighted by Gasteiger charge is 1.97. The molecule has 118 valence electrons. The van der Waals surface area contributed by atoms with Crippen molar-refractivity contribution in [2.45, 2.75) is 13.8 Å². The van der Waals surface area contributed by atoms with Crippen molar-refractivity contribution >= 4 is 35.6 Å². The third kappa shape index (κ3) is 5.93. The number of ether oxygens (including phenoxy) is 1. The van der Waals surface area contributed by atoms with Crippen LogP contribution in [0.25, 0.3) is 0 Å². The lowest BCUT2D eigenvalue weighted by atomic mass is 10.2. The molecule has 4 nitrogen and oxygen atoms in total. The zero-order chi connectivity index (χ0) is 15.1. The van der Waals surface area contributed by atoms with Gasteiger partial charge in [-0.1, -0.05) is 35.9 Å². The van der Waals surface area contributed by atoms with Gasteiger partial charge in [0.05, 0.1) is 6.54 Å². The van der Waals surface area contributed by atoms with Crippen LogP contribution in [0, 0.1) is 13.8 Å². The minimum Gasteiger partial charge on any atom is -0.491 e. The van der Waals surface area contributed by atoms with Crippen LogP contribution in [-0.2, 0) is 0 Å². The summed E-state index contributed by atoms with van der Waals surface area (Å²) in [6.07, 6.45) is 0. The molecule has 0 fully saturated rings. The number of rotatable bonds is 5. The molecule has 5 heteroatoms. The number of anilines is 1. The van der Waals surface area contributed by atoms with Gasteiger partial charge in [-0.2, -0.15) is 0 Å². The molecular weight excluding hydrogens is 389 g/mol. The first-order valence-corrected chi connectivity index (χ1v) is 6.97. The number of benzene rings is 2. The minimum absolute atomic E-state index is 0. The Bertz CT molecular complexity index is 612. The number of nitrogens with two attached hydrogens (primary N) is 1. The van der Waals surface area contributed by atoms with E-state index < -0.39 is 0 Å². The van der Waals surface area contributed by atoms with Crippen LogP contribution < -0.4 is 15.8 Å². The van der Waals surface area contributed by atoms with E-state index >= 15 is 0 Å². The molecule has 0 heterocycles. The Labute approximate surface area is 148 Å². The van der Waals surface area contributed by atoms with Gasteiger partial charge >= 0.3 is 0 Å². The summed E-state index contributed by atoms with van der Waals surface area (Å²) in [5.74, 6) is 1.28. The normalized spacial score (nSPS) is 10.7. The number of hydrogen-bond acceptors (Lipinski definition) is 2. The number of aliphatic imine (C=N–C) groups is 1. The molecule has 22 heavy (non-hydrogen) atoms. The number of aryl methyl sites for hydroxylation is 2. The Morgan fingerprint density at radius 3 is 2.45 bits per heavy atom. The summed E-state index contributed by atoms with van der Waals surface area (Å²) in [6.45, 7) is 5.08. The lowest BCUT2D eigenvalue weighted by Gasteiger charge is -2.08. The molecule has 0 aliphatic carbocycles. The van der Waals surface area contributed by atoms with Crippen molar-refractivity contribution in [1.82, 2.24) is 0 Å². The first-order valence-electron chi connectivity index (χ1n) is 6.97. The summed E-state index contributed by atoms with van der Waals surface area (Å²) in [7, 11) is 0. The molecule has 0 aromatic heterocycles. The van der Waals surface area contributed by atoms with Gasteiger partial charge in [0, 0.05) is 5.69 Å². The molecule has 2 aromatic rings. The first kappa shape index (κ1) is 18.3. The number of nitrogens with one attached hydrogen (secondary N) is 1. The van der Waals surface area contributed by atoms with Crippen LogP contribution >= 0.6 is 24.0 Å². The van der Waals surface area contributed by atoms with Crippen molar-refractivity contribution in [1.29, 1.82) is 0 Å². The summed E-state index contributed by atoms with van der Waals surface area (Å²) in [4.78, 5) is 4.24. The predicted molar refractivity (Wildman–Crippen MR) is 103 cm³/mol. The number of hydrogen-bond donors (Lipinski definition) is 2. The summed E-state index contributed by atoms with van der Waals surface area (Å²) >= 11 is 0. The Hall–Kier alpha value is -1.76. The van der Waals surface area contributed by atoms with Crippen molar-refractivity contribution < 1.29 is 4.74 Å². The van der Waals surface area contributed by atoms with Crippen molar-refractivity contribution in [3.8, 4) is 5.75 Å². The maximum absolute atomic E-state index is 5.84. The maximum atomic E-state index is 5.84. The molecule has 0 aliphatic rings. The van der Waals surface area contributed by atoms with Crippen LogP contribution in [0.15, 0.2) is 53.5 Å². The second kappa shape index (κ2) is 9.30.